The van der Waals surface area contributed by atoms with Crippen molar-refractivity contribution >= 4 is 21.7 Å². The molecule has 0 aliphatic carbocycles. The first-order valence-electron chi connectivity index (χ1n) is 13.0. The maximum Gasteiger partial charge on any atom is 0.264 e. The number of anilines is 1. The Morgan fingerprint density at radius 2 is 1.45 bits per heavy atom. The SMILES string of the molecule is CCCCCCN(c1ccc(F)c(C(=O)[O-])c1)S(=O)(=O)c1ccc(C#Cc2ccc(CCCC)cc2)cc1. The van der Waals surface area contributed by atoms with E-state index in [0.29, 0.717) is 12.0 Å². The highest BCUT2D eigenvalue weighted by atomic mass is 32.2. The van der Waals surface area contributed by atoms with Crippen LogP contribution in [0.3, 0.4) is 0 Å². The second-order valence-electron chi connectivity index (χ2n) is 9.16. The molecule has 3 aromatic rings. The van der Waals surface area contributed by atoms with Crippen LogP contribution in [0.2, 0.25) is 0 Å². The van der Waals surface area contributed by atoms with E-state index < -0.39 is 27.4 Å². The fraction of sp³-hybridized carbons (Fsp3) is 0.323. The first-order valence-corrected chi connectivity index (χ1v) is 14.4. The minimum Gasteiger partial charge on any atom is -0.545 e. The van der Waals surface area contributed by atoms with Crippen molar-refractivity contribution in [1.29, 1.82) is 0 Å². The second kappa shape index (κ2) is 13.8. The molecule has 0 unspecified atom stereocenters. The highest BCUT2D eigenvalue weighted by Crippen LogP contribution is 2.27. The summed E-state index contributed by atoms with van der Waals surface area (Å²) in [6, 6.07) is 17.6. The fourth-order valence-corrected chi connectivity index (χ4v) is 5.51. The van der Waals surface area contributed by atoms with Crippen LogP contribution in [0.25, 0.3) is 0 Å². The molecule has 0 fully saturated rings. The lowest BCUT2D eigenvalue weighted by Crippen LogP contribution is -2.33. The number of rotatable bonds is 12. The minimum absolute atomic E-state index is 0.0399. The molecule has 0 N–H and O–H groups in total. The predicted octanol–water partition coefficient (Wildman–Crippen LogP) is 5.71. The number of sulfonamides is 1. The summed E-state index contributed by atoms with van der Waals surface area (Å²) in [5.74, 6) is 3.49. The van der Waals surface area contributed by atoms with Gasteiger partial charge in [-0.2, -0.15) is 0 Å². The summed E-state index contributed by atoms with van der Waals surface area (Å²) in [6.45, 7) is 4.35. The molecule has 0 amide bonds. The summed E-state index contributed by atoms with van der Waals surface area (Å²) in [4.78, 5) is 11.4. The van der Waals surface area contributed by atoms with Gasteiger partial charge in [0.1, 0.15) is 5.82 Å². The van der Waals surface area contributed by atoms with E-state index in [9.17, 15) is 22.7 Å². The number of aromatic carboxylic acids is 1. The second-order valence-corrected chi connectivity index (χ2v) is 11.0. The third-order valence-corrected chi connectivity index (χ3v) is 8.08. The van der Waals surface area contributed by atoms with Crippen LogP contribution in [-0.4, -0.2) is 20.9 Å². The maximum absolute atomic E-state index is 14.0. The number of hydrogen-bond acceptors (Lipinski definition) is 4. The highest BCUT2D eigenvalue weighted by molar-refractivity contribution is 7.92. The third kappa shape index (κ3) is 7.69. The van der Waals surface area contributed by atoms with Gasteiger partial charge in [0.15, 0.2) is 0 Å². The van der Waals surface area contributed by atoms with Crippen molar-refractivity contribution in [3.05, 3.63) is 94.8 Å². The molecule has 7 heteroatoms. The zero-order valence-corrected chi connectivity index (χ0v) is 22.7. The normalized spacial score (nSPS) is 11.0. The molecule has 3 aromatic carbocycles. The average Bonchev–Trinajstić information content (AvgIpc) is 2.92. The summed E-state index contributed by atoms with van der Waals surface area (Å²) >= 11 is 0. The van der Waals surface area contributed by atoms with Crippen LogP contribution in [0.15, 0.2) is 71.6 Å². The summed E-state index contributed by atoms with van der Waals surface area (Å²) < 4.78 is 42.3. The summed E-state index contributed by atoms with van der Waals surface area (Å²) in [5.41, 5.74) is 2.21. The molecule has 0 saturated heterocycles. The number of carboxylic acids is 1. The maximum atomic E-state index is 14.0. The zero-order valence-electron chi connectivity index (χ0n) is 21.9. The van der Waals surface area contributed by atoms with Crippen LogP contribution in [0.1, 0.15) is 79.4 Å². The van der Waals surface area contributed by atoms with Gasteiger partial charge in [-0.1, -0.05) is 63.5 Å². The number of carbonyl (C=O) groups is 1. The Morgan fingerprint density at radius 3 is 2.03 bits per heavy atom. The Kier molecular flexibility index (Phi) is 10.5. The van der Waals surface area contributed by atoms with Crippen LogP contribution >= 0.6 is 0 Å². The third-order valence-electron chi connectivity index (χ3n) is 6.24. The number of unbranched alkanes of at least 4 members (excludes halogenated alkanes) is 4. The van der Waals surface area contributed by atoms with Crippen molar-refractivity contribution in [3.8, 4) is 11.8 Å². The number of carbonyl (C=O) groups excluding carboxylic acids is 1. The lowest BCUT2D eigenvalue weighted by atomic mass is 10.1. The lowest BCUT2D eigenvalue weighted by molar-refractivity contribution is -0.255. The molecule has 5 nitrogen and oxygen atoms in total. The first kappa shape index (κ1) is 28.9. The highest BCUT2D eigenvalue weighted by Gasteiger charge is 2.25. The lowest BCUT2D eigenvalue weighted by Gasteiger charge is -2.25. The van der Waals surface area contributed by atoms with Crippen molar-refractivity contribution in [2.75, 3.05) is 10.8 Å². The van der Waals surface area contributed by atoms with E-state index in [1.807, 2.05) is 19.1 Å². The molecule has 38 heavy (non-hydrogen) atoms. The van der Waals surface area contributed by atoms with Crippen LogP contribution in [0.5, 0.6) is 0 Å². The number of nitrogens with zero attached hydrogens (tertiary/aromatic N) is 1. The number of halogens is 1. The van der Waals surface area contributed by atoms with Gasteiger partial charge < -0.3 is 9.90 Å². The Balaban J connectivity index is 1.85. The predicted molar refractivity (Wildman–Crippen MR) is 147 cm³/mol. The Morgan fingerprint density at radius 1 is 0.842 bits per heavy atom. The van der Waals surface area contributed by atoms with Crippen molar-refractivity contribution in [2.45, 2.75) is 63.7 Å². The van der Waals surface area contributed by atoms with Crippen LogP contribution in [0.4, 0.5) is 10.1 Å². The van der Waals surface area contributed by atoms with E-state index in [1.54, 1.807) is 12.1 Å². The standard InChI is InChI=1S/C31H34FNO4S/c1-3-5-7-8-22-33(27-18-21-30(32)29(23-27)31(34)35)38(36,37)28-19-16-26(17-20-28)15-14-25-12-10-24(11-13-25)9-6-4-2/h10-13,16-21,23H,3-9,22H2,1-2H3,(H,34,35)/p-1. The number of aryl methyl sites for hydroxylation is 1. The van der Waals surface area contributed by atoms with Crippen LogP contribution in [0, 0.1) is 17.7 Å². The van der Waals surface area contributed by atoms with E-state index in [2.05, 4.69) is 30.9 Å². The summed E-state index contributed by atoms with van der Waals surface area (Å²) in [6.07, 6.45) is 6.64. The zero-order chi connectivity index (χ0) is 27.5. The Labute approximate surface area is 225 Å². The number of hydrogen-bond donors (Lipinski definition) is 0. The van der Waals surface area contributed by atoms with Crippen molar-refractivity contribution in [3.63, 3.8) is 0 Å². The van der Waals surface area contributed by atoms with Gasteiger partial charge in [0.2, 0.25) is 0 Å². The summed E-state index contributed by atoms with van der Waals surface area (Å²) in [7, 11) is -4.04. The van der Waals surface area contributed by atoms with E-state index in [4.69, 9.17) is 0 Å². The molecule has 0 saturated carbocycles. The molecule has 3 rings (SSSR count). The topological polar surface area (TPSA) is 77.5 Å². The van der Waals surface area contributed by atoms with E-state index in [1.165, 1.54) is 23.8 Å². The Hall–Kier alpha value is -3.63. The van der Waals surface area contributed by atoms with Crippen LogP contribution in [-0.2, 0) is 16.4 Å². The van der Waals surface area contributed by atoms with Crippen molar-refractivity contribution < 1.29 is 22.7 Å². The van der Waals surface area contributed by atoms with Gasteiger partial charge in [0.25, 0.3) is 10.0 Å². The minimum atomic E-state index is -4.04. The van der Waals surface area contributed by atoms with Crippen LogP contribution < -0.4 is 9.41 Å². The van der Waals surface area contributed by atoms with Gasteiger partial charge in [-0.3, -0.25) is 4.31 Å². The van der Waals surface area contributed by atoms with Gasteiger partial charge in [-0.25, -0.2) is 12.8 Å². The van der Waals surface area contributed by atoms with E-state index in [-0.39, 0.29) is 17.1 Å². The monoisotopic (exact) mass is 534 g/mol. The van der Waals surface area contributed by atoms with E-state index >= 15 is 0 Å². The number of benzene rings is 3. The molecule has 0 radical (unpaired) electrons. The van der Waals surface area contributed by atoms with Gasteiger partial charge >= 0.3 is 0 Å². The van der Waals surface area contributed by atoms with Crippen molar-refractivity contribution in [1.82, 2.24) is 0 Å². The van der Waals surface area contributed by atoms with Gasteiger partial charge in [0, 0.05) is 23.2 Å². The molecule has 0 atom stereocenters. The largest absolute Gasteiger partial charge is 0.545 e. The molecule has 0 aromatic heterocycles. The van der Waals surface area contributed by atoms with Crippen molar-refractivity contribution in [2.24, 2.45) is 0 Å². The van der Waals surface area contributed by atoms with Gasteiger partial charge in [-0.05, 0) is 79.4 Å². The van der Waals surface area contributed by atoms with Gasteiger partial charge in [0.05, 0.1) is 16.6 Å². The molecular weight excluding hydrogens is 501 g/mol. The fourth-order valence-electron chi connectivity index (χ4n) is 4.01. The van der Waals surface area contributed by atoms with E-state index in [0.717, 1.165) is 60.5 Å². The van der Waals surface area contributed by atoms with Gasteiger partial charge in [-0.15, -0.1) is 0 Å². The Bertz CT molecular complexity index is 1390. The quantitative estimate of drug-likeness (QED) is 0.220. The molecular formula is C31H33FNO4S-. The molecule has 0 bridgehead atoms. The molecule has 0 heterocycles. The molecule has 0 spiro atoms. The molecule has 0 aliphatic heterocycles. The smallest absolute Gasteiger partial charge is 0.264 e. The molecule has 200 valence electrons. The average molecular weight is 535 g/mol. The first-order chi connectivity index (χ1) is 18.3. The molecule has 0 aliphatic rings. The summed E-state index contributed by atoms with van der Waals surface area (Å²) in [5, 5.41) is 11.3. The number of carboxylic acid groups (broad SMARTS) is 1.